The Hall–Kier alpha value is -2.53. The number of fused-ring (bicyclic) bond motifs is 1. The summed E-state index contributed by atoms with van der Waals surface area (Å²) in [6, 6.07) is 12.2. The van der Waals surface area contributed by atoms with Crippen LogP contribution < -0.4 is 14.8 Å². The second-order valence-corrected chi connectivity index (χ2v) is 10.3. The van der Waals surface area contributed by atoms with Gasteiger partial charge in [-0.05, 0) is 54.4 Å². The van der Waals surface area contributed by atoms with Gasteiger partial charge in [-0.15, -0.1) is 0 Å². The van der Waals surface area contributed by atoms with Crippen molar-refractivity contribution in [2.75, 3.05) is 18.7 Å². The van der Waals surface area contributed by atoms with Crippen molar-refractivity contribution in [1.82, 2.24) is 0 Å². The molecule has 0 saturated heterocycles. The Morgan fingerprint density at radius 1 is 1.06 bits per heavy atom. The molecule has 1 aliphatic heterocycles. The number of hydrogen-bond donors (Lipinski definition) is 2. The summed E-state index contributed by atoms with van der Waals surface area (Å²) < 4.78 is 11.4. The Kier molecular flexibility index (Phi) is 9.40. The van der Waals surface area contributed by atoms with Crippen LogP contribution in [0.4, 0.5) is 5.69 Å². The van der Waals surface area contributed by atoms with Crippen molar-refractivity contribution < 1.29 is 19.4 Å². The highest BCUT2D eigenvalue weighted by Crippen LogP contribution is 2.41. The molecule has 34 heavy (non-hydrogen) atoms. The van der Waals surface area contributed by atoms with Gasteiger partial charge < -0.3 is 19.9 Å². The van der Waals surface area contributed by atoms with Gasteiger partial charge in [-0.2, -0.15) is 0 Å². The normalized spacial score (nSPS) is 13.7. The number of nitrogens with one attached hydrogen (secondary N) is 1. The van der Waals surface area contributed by atoms with Crippen molar-refractivity contribution >= 4 is 11.6 Å². The molecule has 0 radical (unpaired) electrons. The molecule has 0 aliphatic carbocycles. The van der Waals surface area contributed by atoms with Crippen LogP contribution in [-0.2, 0) is 16.6 Å². The Labute approximate surface area is 204 Å². The molecule has 0 aromatic heterocycles. The lowest BCUT2D eigenvalue weighted by Gasteiger charge is -2.26. The molecule has 2 aromatic rings. The van der Waals surface area contributed by atoms with Gasteiger partial charge in [0.1, 0.15) is 0 Å². The molecule has 1 unspecified atom stereocenters. The van der Waals surface area contributed by atoms with Crippen LogP contribution in [0.15, 0.2) is 36.4 Å². The summed E-state index contributed by atoms with van der Waals surface area (Å²) >= 11 is 0. The average Bonchev–Trinajstić information content (AvgIpc) is 3.28. The number of aliphatic hydroxyl groups is 1. The number of hydrogen-bond acceptors (Lipinski definition) is 4. The monoisotopic (exact) mass is 467 g/mol. The van der Waals surface area contributed by atoms with Crippen LogP contribution in [-0.4, -0.2) is 24.4 Å². The maximum Gasteiger partial charge on any atom is 0.232 e. The number of ether oxygens (including phenoxy) is 2. The number of aliphatic hydroxyl groups excluding tert-OH is 1. The summed E-state index contributed by atoms with van der Waals surface area (Å²) in [5.74, 6) is 1.11. The molecule has 1 amide bonds. The van der Waals surface area contributed by atoms with E-state index in [4.69, 9.17) is 14.6 Å². The van der Waals surface area contributed by atoms with E-state index in [0.29, 0.717) is 11.5 Å². The smallest absolute Gasteiger partial charge is 0.232 e. The third-order valence-corrected chi connectivity index (χ3v) is 6.49. The van der Waals surface area contributed by atoms with Gasteiger partial charge >= 0.3 is 0 Å². The standard InChI is InChI=1S/C29H41NO4/c1-5-6-7-8-13-23(22-14-11-15-26-27(22)34-20-33-26)28(32)30-25-19-21(12-9-10-18-31)16-17-24(25)29(2,3)4/h11,14-17,19,23,31H,5-10,12-13,18,20H2,1-4H3,(H,30,32). The van der Waals surface area contributed by atoms with Crippen molar-refractivity contribution in [2.24, 2.45) is 0 Å². The van der Waals surface area contributed by atoms with Gasteiger partial charge in [0.2, 0.25) is 12.7 Å². The van der Waals surface area contributed by atoms with Crippen molar-refractivity contribution in [3.63, 3.8) is 0 Å². The van der Waals surface area contributed by atoms with Gasteiger partial charge in [-0.1, -0.05) is 77.6 Å². The molecule has 5 heteroatoms. The number of carbonyl (C=O) groups is 1. The summed E-state index contributed by atoms with van der Waals surface area (Å²) in [7, 11) is 0. The lowest BCUT2D eigenvalue weighted by atomic mass is 9.84. The zero-order valence-electron chi connectivity index (χ0n) is 21.3. The van der Waals surface area contributed by atoms with E-state index in [1.807, 2.05) is 18.2 Å². The molecule has 1 aliphatic rings. The van der Waals surface area contributed by atoms with Crippen LogP contribution in [0.2, 0.25) is 0 Å². The van der Waals surface area contributed by atoms with E-state index in [-0.39, 0.29) is 30.6 Å². The van der Waals surface area contributed by atoms with Crippen molar-refractivity contribution in [3.05, 3.63) is 53.1 Å². The second-order valence-electron chi connectivity index (χ2n) is 10.3. The fourth-order valence-corrected chi connectivity index (χ4v) is 4.60. The fourth-order valence-electron chi connectivity index (χ4n) is 4.60. The first-order valence-corrected chi connectivity index (χ1v) is 12.8. The van der Waals surface area contributed by atoms with E-state index >= 15 is 0 Å². The number of amides is 1. The van der Waals surface area contributed by atoms with Crippen molar-refractivity contribution in [3.8, 4) is 11.5 Å². The number of benzene rings is 2. The van der Waals surface area contributed by atoms with Crippen molar-refractivity contribution in [2.45, 2.75) is 90.4 Å². The third-order valence-electron chi connectivity index (χ3n) is 6.49. The molecule has 3 rings (SSSR count). The third kappa shape index (κ3) is 6.75. The van der Waals surface area contributed by atoms with E-state index in [2.05, 4.69) is 51.2 Å². The number of rotatable bonds is 12. The molecular weight excluding hydrogens is 426 g/mol. The summed E-state index contributed by atoms with van der Waals surface area (Å²) in [6.07, 6.45) is 7.79. The first-order valence-electron chi connectivity index (χ1n) is 12.8. The Balaban J connectivity index is 1.89. The maximum atomic E-state index is 13.8. The first kappa shape index (κ1) is 26.1. The predicted octanol–water partition coefficient (Wildman–Crippen LogP) is 6.72. The lowest BCUT2D eigenvalue weighted by Crippen LogP contribution is -2.24. The minimum absolute atomic E-state index is 0.00148. The van der Waals surface area contributed by atoms with E-state index in [9.17, 15) is 4.79 Å². The molecule has 1 atom stereocenters. The highest BCUT2D eigenvalue weighted by Gasteiger charge is 2.29. The summed E-state index contributed by atoms with van der Waals surface area (Å²) in [5, 5.41) is 12.4. The average molecular weight is 468 g/mol. The zero-order valence-corrected chi connectivity index (χ0v) is 21.3. The molecule has 0 fully saturated rings. The molecule has 2 N–H and O–H groups in total. The summed E-state index contributed by atoms with van der Waals surface area (Å²) in [6.45, 7) is 9.10. The summed E-state index contributed by atoms with van der Waals surface area (Å²) in [4.78, 5) is 13.8. The lowest BCUT2D eigenvalue weighted by molar-refractivity contribution is -0.117. The largest absolute Gasteiger partial charge is 0.454 e. The molecule has 2 aromatic carbocycles. The first-order chi connectivity index (χ1) is 16.3. The number of aryl methyl sites for hydroxylation is 1. The minimum Gasteiger partial charge on any atom is -0.454 e. The predicted molar refractivity (Wildman–Crippen MR) is 138 cm³/mol. The van der Waals surface area contributed by atoms with Gasteiger partial charge in [0, 0.05) is 17.9 Å². The zero-order chi connectivity index (χ0) is 24.6. The van der Waals surface area contributed by atoms with E-state index in [0.717, 1.165) is 61.8 Å². The van der Waals surface area contributed by atoms with Crippen LogP contribution in [0.3, 0.4) is 0 Å². The Morgan fingerprint density at radius 2 is 1.88 bits per heavy atom. The molecule has 1 heterocycles. The Bertz CT molecular complexity index is 948. The number of para-hydroxylation sites is 1. The summed E-state index contributed by atoms with van der Waals surface area (Å²) in [5.41, 5.74) is 3.97. The molecule has 0 saturated carbocycles. The van der Waals surface area contributed by atoms with Gasteiger partial charge in [-0.25, -0.2) is 0 Å². The van der Waals surface area contributed by atoms with Gasteiger partial charge in [-0.3, -0.25) is 4.79 Å². The van der Waals surface area contributed by atoms with Crippen LogP contribution >= 0.6 is 0 Å². The van der Waals surface area contributed by atoms with Gasteiger partial charge in [0.25, 0.3) is 0 Å². The molecule has 186 valence electrons. The van der Waals surface area contributed by atoms with E-state index < -0.39 is 0 Å². The van der Waals surface area contributed by atoms with Crippen LogP contribution in [0.1, 0.15) is 95.2 Å². The highest BCUT2D eigenvalue weighted by atomic mass is 16.7. The quantitative estimate of drug-likeness (QED) is 0.340. The number of anilines is 1. The SMILES string of the molecule is CCCCCCC(C(=O)Nc1cc(CCCCO)ccc1C(C)(C)C)c1cccc2c1OCO2. The molecule has 0 bridgehead atoms. The molecule has 5 nitrogen and oxygen atoms in total. The topological polar surface area (TPSA) is 67.8 Å². The minimum atomic E-state index is -0.306. The number of unbranched alkanes of at least 4 members (excludes halogenated alkanes) is 4. The van der Waals surface area contributed by atoms with Gasteiger partial charge in [0.05, 0.1) is 5.92 Å². The van der Waals surface area contributed by atoms with Crippen LogP contribution in [0.25, 0.3) is 0 Å². The van der Waals surface area contributed by atoms with Crippen LogP contribution in [0, 0.1) is 0 Å². The van der Waals surface area contributed by atoms with E-state index in [1.54, 1.807) is 0 Å². The second kappa shape index (κ2) is 12.3. The number of carbonyl (C=O) groups excluding carboxylic acids is 1. The molecular formula is C29H41NO4. The molecule has 0 spiro atoms. The van der Waals surface area contributed by atoms with Gasteiger partial charge in [0.15, 0.2) is 11.5 Å². The van der Waals surface area contributed by atoms with E-state index in [1.165, 1.54) is 12.0 Å². The Morgan fingerprint density at radius 3 is 2.62 bits per heavy atom. The van der Waals surface area contributed by atoms with Crippen molar-refractivity contribution in [1.29, 1.82) is 0 Å². The maximum absolute atomic E-state index is 13.8. The van der Waals surface area contributed by atoms with Crippen LogP contribution in [0.5, 0.6) is 11.5 Å². The fraction of sp³-hybridized carbons (Fsp3) is 0.552. The highest BCUT2D eigenvalue weighted by molar-refractivity contribution is 5.97.